The highest BCUT2D eigenvalue weighted by molar-refractivity contribution is 5.93. The molecule has 0 radical (unpaired) electrons. The van der Waals surface area contributed by atoms with E-state index in [9.17, 15) is 4.79 Å². The fraction of sp³-hybridized carbons (Fsp3) is 0.346. The van der Waals surface area contributed by atoms with Crippen LogP contribution in [0.25, 0.3) is 0 Å². The molecule has 0 saturated carbocycles. The van der Waals surface area contributed by atoms with Crippen molar-refractivity contribution in [1.82, 2.24) is 9.97 Å². The Kier molecular flexibility index (Phi) is 7.54. The van der Waals surface area contributed by atoms with Gasteiger partial charge in [-0.3, -0.25) is 4.79 Å². The Morgan fingerprint density at radius 2 is 1.69 bits per heavy atom. The van der Waals surface area contributed by atoms with E-state index in [0.29, 0.717) is 46.9 Å². The van der Waals surface area contributed by atoms with Gasteiger partial charge in [-0.15, -0.1) is 0 Å². The molecule has 2 heterocycles. The Balaban J connectivity index is 1.49. The number of nitrogens with zero attached hydrogens (tertiary/aromatic N) is 3. The lowest BCUT2D eigenvalue weighted by Gasteiger charge is -2.33. The number of rotatable bonds is 8. The van der Waals surface area contributed by atoms with Gasteiger partial charge in [-0.05, 0) is 31.9 Å². The van der Waals surface area contributed by atoms with Crippen LogP contribution in [0.2, 0.25) is 0 Å². The molecule has 1 aliphatic rings. The highest BCUT2D eigenvalue weighted by Gasteiger charge is 2.29. The molecule has 9 heteroatoms. The van der Waals surface area contributed by atoms with Gasteiger partial charge in [-0.25, -0.2) is 9.97 Å². The summed E-state index contributed by atoms with van der Waals surface area (Å²) in [7, 11) is 4.62. The van der Waals surface area contributed by atoms with Gasteiger partial charge in [0.15, 0.2) is 17.3 Å². The number of aromatic nitrogens is 2. The van der Waals surface area contributed by atoms with Crippen LogP contribution in [0.3, 0.4) is 0 Å². The smallest absolute Gasteiger partial charge is 0.263 e. The van der Waals surface area contributed by atoms with Crippen LogP contribution in [0.5, 0.6) is 28.9 Å². The number of anilines is 2. The minimum atomic E-state index is -0.239. The molecular formula is C26H30N4O5. The van der Waals surface area contributed by atoms with E-state index < -0.39 is 0 Å². The fourth-order valence-electron chi connectivity index (χ4n) is 4.11. The fourth-order valence-corrected chi connectivity index (χ4v) is 4.11. The minimum Gasteiger partial charge on any atom is -0.493 e. The number of benzene rings is 2. The van der Waals surface area contributed by atoms with Crippen molar-refractivity contribution < 1.29 is 23.7 Å². The van der Waals surface area contributed by atoms with Gasteiger partial charge >= 0.3 is 0 Å². The maximum atomic E-state index is 13.2. The molecule has 3 aromatic rings. The van der Waals surface area contributed by atoms with E-state index in [4.69, 9.17) is 18.9 Å². The van der Waals surface area contributed by atoms with E-state index in [0.717, 1.165) is 24.9 Å². The number of hydrogen-bond donors (Lipinski definition) is 1. The van der Waals surface area contributed by atoms with Crippen molar-refractivity contribution in [3.05, 3.63) is 54.4 Å². The average molecular weight is 479 g/mol. The summed E-state index contributed by atoms with van der Waals surface area (Å²) < 4.78 is 22.2. The molecular weight excluding hydrogens is 448 g/mol. The summed E-state index contributed by atoms with van der Waals surface area (Å²) >= 11 is 0. The van der Waals surface area contributed by atoms with Crippen LogP contribution < -0.4 is 29.2 Å². The van der Waals surface area contributed by atoms with Gasteiger partial charge < -0.3 is 29.2 Å². The van der Waals surface area contributed by atoms with Crippen LogP contribution in [0.4, 0.5) is 11.5 Å². The number of nitrogens with one attached hydrogen (secondary N) is 1. The quantitative estimate of drug-likeness (QED) is 0.507. The third-order valence-electron chi connectivity index (χ3n) is 5.91. The van der Waals surface area contributed by atoms with Gasteiger partial charge in [-0.2, -0.15) is 0 Å². The van der Waals surface area contributed by atoms with Gasteiger partial charge in [0.1, 0.15) is 5.75 Å². The van der Waals surface area contributed by atoms with Crippen LogP contribution in [0.15, 0.2) is 48.8 Å². The van der Waals surface area contributed by atoms with Crippen molar-refractivity contribution in [2.24, 2.45) is 5.92 Å². The molecule has 4 rings (SSSR count). The average Bonchev–Trinajstić information content (AvgIpc) is 2.89. The summed E-state index contributed by atoms with van der Waals surface area (Å²) in [6.45, 7) is 3.28. The predicted octanol–water partition coefficient (Wildman–Crippen LogP) is 4.46. The second-order valence-corrected chi connectivity index (χ2v) is 8.29. The Morgan fingerprint density at radius 1 is 1.00 bits per heavy atom. The van der Waals surface area contributed by atoms with Crippen LogP contribution in [-0.2, 0) is 4.79 Å². The summed E-state index contributed by atoms with van der Waals surface area (Å²) in [5.74, 6) is 2.83. The Labute approximate surface area is 205 Å². The molecule has 1 amide bonds. The predicted molar refractivity (Wildman–Crippen MR) is 133 cm³/mol. The molecule has 1 atom stereocenters. The number of ether oxygens (including phenoxy) is 4. The first-order valence-corrected chi connectivity index (χ1v) is 11.4. The third-order valence-corrected chi connectivity index (χ3v) is 5.91. The second kappa shape index (κ2) is 10.9. The Hall–Kier alpha value is -4.01. The zero-order chi connectivity index (χ0) is 24.8. The van der Waals surface area contributed by atoms with E-state index in [1.165, 1.54) is 0 Å². The van der Waals surface area contributed by atoms with Crippen LogP contribution in [-0.4, -0.2) is 50.3 Å². The van der Waals surface area contributed by atoms with Gasteiger partial charge in [0.2, 0.25) is 11.7 Å². The molecule has 0 unspecified atom stereocenters. The first-order chi connectivity index (χ1) is 17.0. The Bertz CT molecular complexity index is 1140. The molecule has 9 nitrogen and oxygen atoms in total. The molecule has 184 valence electrons. The monoisotopic (exact) mass is 478 g/mol. The number of amides is 1. The lowest BCUT2D eigenvalue weighted by Crippen LogP contribution is -2.41. The lowest BCUT2D eigenvalue weighted by atomic mass is 9.97. The van der Waals surface area contributed by atoms with Gasteiger partial charge in [0, 0.05) is 43.3 Å². The zero-order valence-corrected chi connectivity index (χ0v) is 20.4. The van der Waals surface area contributed by atoms with Crippen molar-refractivity contribution in [2.45, 2.75) is 19.8 Å². The van der Waals surface area contributed by atoms with E-state index in [1.807, 2.05) is 31.2 Å². The Morgan fingerprint density at radius 3 is 2.34 bits per heavy atom. The van der Waals surface area contributed by atoms with Gasteiger partial charge in [0.25, 0.3) is 5.88 Å². The molecule has 1 aliphatic heterocycles. The lowest BCUT2D eigenvalue weighted by molar-refractivity contribution is -0.120. The molecule has 1 saturated heterocycles. The maximum Gasteiger partial charge on any atom is 0.263 e. The molecule has 35 heavy (non-hydrogen) atoms. The van der Waals surface area contributed by atoms with E-state index in [-0.39, 0.29) is 11.8 Å². The third kappa shape index (κ3) is 5.56. The molecule has 0 spiro atoms. The van der Waals surface area contributed by atoms with Crippen molar-refractivity contribution >= 4 is 17.4 Å². The van der Waals surface area contributed by atoms with Crippen molar-refractivity contribution in [3.63, 3.8) is 0 Å². The van der Waals surface area contributed by atoms with Gasteiger partial charge in [-0.1, -0.05) is 17.7 Å². The number of aryl methyl sites for hydroxylation is 1. The van der Waals surface area contributed by atoms with Crippen molar-refractivity contribution in [3.8, 4) is 28.9 Å². The highest BCUT2D eigenvalue weighted by atomic mass is 16.5. The topological polar surface area (TPSA) is 95.0 Å². The van der Waals surface area contributed by atoms with E-state index >= 15 is 0 Å². The summed E-state index contributed by atoms with van der Waals surface area (Å²) in [5.41, 5.74) is 1.72. The minimum absolute atomic E-state index is 0.0890. The normalized spacial score (nSPS) is 15.3. The number of carbonyl (C=O) groups is 1. The van der Waals surface area contributed by atoms with E-state index in [1.54, 1.807) is 45.9 Å². The molecule has 1 aromatic heterocycles. The summed E-state index contributed by atoms with van der Waals surface area (Å²) in [6, 6.07) is 11.2. The van der Waals surface area contributed by atoms with Crippen molar-refractivity contribution in [2.75, 3.05) is 44.6 Å². The maximum absolute atomic E-state index is 13.2. The molecule has 0 aliphatic carbocycles. The largest absolute Gasteiger partial charge is 0.493 e. The first kappa shape index (κ1) is 24.1. The standard InChI is InChI=1S/C26H30N4O5/c1-17-7-9-20(10-8-17)35-26-24(27-11-12-28-26)30-13-5-6-18(16-30)25(31)29-19-14-21(32-2)23(34-4)22(15-19)33-3/h7-12,14-15,18H,5-6,13,16H2,1-4H3,(H,29,31)/t18-/m1/s1. The summed E-state index contributed by atoms with van der Waals surface area (Å²) in [4.78, 5) is 24.2. The summed E-state index contributed by atoms with van der Waals surface area (Å²) in [6.07, 6.45) is 4.84. The number of carbonyl (C=O) groups excluding carboxylic acids is 1. The van der Waals surface area contributed by atoms with Crippen LogP contribution in [0, 0.1) is 12.8 Å². The van der Waals surface area contributed by atoms with Gasteiger partial charge in [0.05, 0.1) is 27.2 Å². The molecule has 2 aromatic carbocycles. The molecule has 1 fully saturated rings. The first-order valence-electron chi connectivity index (χ1n) is 11.4. The number of methoxy groups -OCH3 is 3. The highest BCUT2D eigenvalue weighted by Crippen LogP contribution is 2.40. The molecule has 0 bridgehead atoms. The zero-order valence-electron chi connectivity index (χ0n) is 20.4. The SMILES string of the molecule is COc1cc(NC(=O)[C@@H]2CCCN(c3nccnc3Oc3ccc(C)cc3)C2)cc(OC)c1OC. The van der Waals surface area contributed by atoms with E-state index in [2.05, 4.69) is 20.2 Å². The van der Waals surface area contributed by atoms with Crippen LogP contribution in [0.1, 0.15) is 18.4 Å². The van der Waals surface area contributed by atoms with Crippen molar-refractivity contribution in [1.29, 1.82) is 0 Å². The molecule has 1 N–H and O–H groups in total. The second-order valence-electron chi connectivity index (χ2n) is 8.29. The number of hydrogen-bond acceptors (Lipinski definition) is 8. The van der Waals surface area contributed by atoms with Crippen LogP contribution >= 0.6 is 0 Å². The summed E-state index contributed by atoms with van der Waals surface area (Å²) in [5, 5.41) is 3.00. The number of piperidine rings is 1.